The molecule has 0 aliphatic carbocycles. The summed E-state index contributed by atoms with van der Waals surface area (Å²) in [5.41, 5.74) is 1.07. The highest BCUT2D eigenvalue weighted by molar-refractivity contribution is 6.42. The molecule has 0 aromatic heterocycles. The van der Waals surface area contributed by atoms with E-state index in [2.05, 4.69) is 0 Å². The van der Waals surface area contributed by atoms with Crippen LogP contribution in [0.3, 0.4) is 0 Å². The summed E-state index contributed by atoms with van der Waals surface area (Å²) < 4.78 is 0. The van der Waals surface area contributed by atoms with E-state index in [0.29, 0.717) is 16.5 Å². The lowest BCUT2D eigenvalue weighted by atomic mass is 10.1. The monoisotopic (exact) mass is 260 g/mol. The molecule has 1 aromatic rings. The van der Waals surface area contributed by atoms with Crippen molar-refractivity contribution in [3.05, 3.63) is 33.8 Å². The Labute approximate surface area is 105 Å². The van der Waals surface area contributed by atoms with Gasteiger partial charge in [0.05, 0.1) is 10.0 Å². The number of rotatable bonds is 4. The van der Waals surface area contributed by atoms with Crippen molar-refractivity contribution in [1.82, 2.24) is 5.01 Å². The molecular formula is C11H14Cl2N2O. The number of aryl methyl sites for hydroxylation is 1. The van der Waals surface area contributed by atoms with E-state index in [-0.39, 0.29) is 5.91 Å². The third-order valence-electron chi connectivity index (χ3n) is 2.23. The SMILES string of the molecule is CN(N)C(=O)CCCc1ccc(Cl)c(Cl)c1. The predicted octanol–water partition coefficient (Wildman–Crippen LogP) is 2.65. The molecule has 0 bridgehead atoms. The number of carbonyl (C=O) groups is 1. The van der Waals surface area contributed by atoms with Crippen LogP contribution in [0.1, 0.15) is 18.4 Å². The molecule has 0 saturated carbocycles. The first-order chi connectivity index (χ1) is 7.50. The highest BCUT2D eigenvalue weighted by atomic mass is 35.5. The van der Waals surface area contributed by atoms with Crippen molar-refractivity contribution in [2.24, 2.45) is 5.84 Å². The second-order valence-corrected chi connectivity index (χ2v) is 4.42. The van der Waals surface area contributed by atoms with E-state index in [0.717, 1.165) is 23.4 Å². The minimum Gasteiger partial charge on any atom is -0.284 e. The van der Waals surface area contributed by atoms with Crippen molar-refractivity contribution in [3.8, 4) is 0 Å². The fourth-order valence-corrected chi connectivity index (χ4v) is 1.64. The Balaban J connectivity index is 2.43. The number of amides is 1. The number of carbonyl (C=O) groups excluding carboxylic acids is 1. The van der Waals surface area contributed by atoms with Gasteiger partial charge in [0.15, 0.2) is 0 Å². The lowest BCUT2D eigenvalue weighted by molar-refractivity contribution is -0.130. The quantitative estimate of drug-likeness (QED) is 0.514. The molecule has 1 rings (SSSR count). The predicted molar refractivity (Wildman–Crippen MR) is 66.4 cm³/mol. The van der Waals surface area contributed by atoms with Gasteiger partial charge in [-0.25, -0.2) is 5.84 Å². The highest BCUT2D eigenvalue weighted by Crippen LogP contribution is 2.23. The third kappa shape index (κ3) is 4.00. The molecule has 0 saturated heterocycles. The Kier molecular flexibility index (Phi) is 5.06. The second kappa shape index (κ2) is 6.09. The number of halogens is 2. The number of benzene rings is 1. The maximum absolute atomic E-state index is 11.2. The zero-order valence-electron chi connectivity index (χ0n) is 9.04. The van der Waals surface area contributed by atoms with E-state index in [1.165, 1.54) is 0 Å². The van der Waals surface area contributed by atoms with Gasteiger partial charge in [0.2, 0.25) is 5.91 Å². The molecule has 0 atom stereocenters. The van der Waals surface area contributed by atoms with Crippen LogP contribution in [0.25, 0.3) is 0 Å². The van der Waals surface area contributed by atoms with Crippen molar-refractivity contribution >= 4 is 29.1 Å². The fraction of sp³-hybridized carbons (Fsp3) is 0.364. The molecule has 0 aliphatic heterocycles. The summed E-state index contributed by atoms with van der Waals surface area (Å²) in [6.45, 7) is 0. The topological polar surface area (TPSA) is 46.3 Å². The highest BCUT2D eigenvalue weighted by Gasteiger charge is 2.05. The first-order valence-corrected chi connectivity index (χ1v) is 5.71. The first kappa shape index (κ1) is 13.3. The van der Waals surface area contributed by atoms with Crippen LogP contribution in [0, 0.1) is 0 Å². The van der Waals surface area contributed by atoms with Crippen molar-refractivity contribution in [2.45, 2.75) is 19.3 Å². The minimum absolute atomic E-state index is 0.0694. The molecule has 88 valence electrons. The summed E-state index contributed by atoms with van der Waals surface area (Å²) in [6, 6.07) is 5.49. The summed E-state index contributed by atoms with van der Waals surface area (Å²) in [4.78, 5) is 11.2. The van der Waals surface area contributed by atoms with E-state index < -0.39 is 0 Å². The van der Waals surface area contributed by atoms with Gasteiger partial charge in [-0.3, -0.25) is 9.80 Å². The number of nitrogens with zero attached hydrogens (tertiary/aromatic N) is 1. The number of nitrogens with two attached hydrogens (primary N) is 1. The van der Waals surface area contributed by atoms with Crippen molar-refractivity contribution in [3.63, 3.8) is 0 Å². The van der Waals surface area contributed by atoms with Crippen molar-refractivity contribution < 1.29 is 4.79 Å². The molecule has 1 amide bonds. The summed E-state index contributed by atoms with van der Waals surface area (Å²) >= 11 is 11.7. The van der Waals surface area contributed by atoms with Crippen LogP contribution in [0.4, 0.5) is 0 Å². The van der Waals surface area contributed by atoms with Gasteiger partial charge in [0.25, 0.3) is 0 Å². The molecule has 5 heteroatoms. The van der Waals surface area contributed by atoms with Crippen molar-refractivity contribution in [2.75, 3.05) is 7.05 Å². The van der Waals surface area contributed by atoms with E-state index in [4.69, 9.17) is 29.0 Å². The van der Waals surface area contributed by atoms with E-state index in [1.807, 2.05) is 12.1 Å². The van der Waals surface area contributed by atoms with Gasteiger partial charge in [-0.2, -0.15) is 0 Å². The number of hydrazine groups is 1. The van der Waals surface area contributed by atoms with Crippen LogP contribution in [-0.4, -0.2) is 18.0 Å². The molecule has 16 heavy (non-hydrogen) atoms. The maximum Gasteiger partial charge on any atom is 0.236 e. The lowest BCUT2D eigenvalue weighted by Gasteiger charge is -2.09. The Morgan fingerprint density at radius 3 is 2.62 bits per heavy atom. The molecule has 2 N–H and O–H groups in total. The maximum atomic E-state index is 11.2. The summed E-state index contributed by atoms with van der Waals surface area (Å²) in [7, 11) is 1.54. The van der Waals surface area contributed by atoms with Gasteiger partial charge in [0, 0.05) is 13.5 Å². The number of hydrogen-bond acceptors (Lipinski definition) is 2. The summed E-state index contributed by atoms with van der Waals surface area (Å²) in [6.07, 6.45) is 1.97. The molecular weight excluding hydrogens is 247 g/mol. The van der Waals surface area contributed by atoms with Gasteiger partial charge >= 0.3 is 0 Å². The van der Waals surface area contributed by atoms with Gasteiger partial charge in [-0.15, -0.1) is 0 Å². The Morgan fingerprint density at radius 2 is 2.06 bits per heavy atom. The summed E-state index contributed by atoms with van der Waals surface area (Å²) in [5, 5.41) is 2.19. The molecule has 0 heterocycles. The third-order valence-corrected chi connectivity index (χ3v) is 2.97. The average molecular weight is 261 g/mol. The molecule has 0 aliphatic rings. The van der Waals surface area contributed by atoms with Gasteiger partial charge in [0.1, 0.15) is 0 Å². The van der Waals surface area contributed by atoms with Gasteiger partial charge < -0.3 is 0 Å². The molecule has 0 radical (unpaired) electrons. The van der Waals surface area contributed by atoms with Gasteiger partial charge in [-0.05, 0) is 30.5 Å². The van der Waals surface area contributed by atoms with Crippen LogP contribution < -0.4 is 5.84 Å². The number of hydrogen-bond donors (Lipinski definition) is 1. The lowest BCUT2D eigenvalue weighted by Crippen LogP contribution is -2.32. The standard InChI is InChI=1S/C11H14Cl2N2O/c1-15(14)11(16)4-2-3-8-5-6-9(12)10(13)7-8/h5-7H,2-4,14H2,1H3. The van der Waals surface area contributed by atoms with Crippen LogP contribution >= 0.6 is 23.2 Å². The zero-order valence-corrected chi connectivity index (χ0v) is 10.6. The zero-order chi connectivity index (χ0) is 12.1. The molecule has 3 nitrogen and oxygen atoms in total. The second-order valence-electron chi connectivity index (χ2n) is 3.61. The van der Waals surface area contributed by atoms with Crippen LogP contribution in [-0.2, 0) is 11.2 Å². The Hall–Kier alpha value is -0.770. The van der Waals surface area contributed by atoms with E-state index in [9.17, 15) is 4.79 Å². The minimum atomic E-state index is -0.0694. The smallest absolute Gasteiger partial charge is 0.236 e. The van der Waals surface area contributed by atoms with Crippen LogP contribution in [0.15, 0.2) is 18.2 Å². The molecule has 0 fully saturated rings. The normalized spacial score (nSPS) is 10.2. The van der Waals surface area contributed by atoms with E-state index in [1.54, 1.807) is 13.1 Å². The molecule has 1 aromatic carbocycles. The summed E-state index contributed by atoms with van der Waals surface area (Å²) in [5.74, 6) is 5.24. The average Bonchev–Trinajstić information content (AvgIpc) is 2.23. The van der Waals surface area contributed by atoms with Crippen LogP contribution in [0.5, 0.6) is 0 Å². The Morgan fingerprint density at radius 1 is 1.38 bits per heavy atom. The molecule has 0 spiro atoms. The Bertz CT molecular complexity index is 380. The van der Waals surface area contributed by atoms with E-state index >= 15 is 0 Å². The largest absolute Gasteiger partial charge is 0.284 e. The molecule has 0 unspecified atom stereocenters. The van der Waals surface area contributed by atoms with Gasteiger partial charge in [-0.1, -0.05) is 29.3 Å². The first-order valence-electron chi connectivity index (χ1n) is 4.96. The fourth-order valence-electron chi connectivity index (χ4n) is 1.32. The van der Waals surface area contributed by atoms with Crippen molar-refractivity contribution in [1.29, 1.82) is 0 Å². The van der Waals surface area contributed by atoms with Crippen LogP contribution in [0.2, 0.25) is 10.0 Å².